The van der Waals surface area contributed by atoms with E-state index in [0.717, 1.165) is 28.3 Å². The van der Waals surface area contributed by atoms with Crippen LogP contribution >= 0.6 is 12.2 Å². The maximum Gasteiger partial charge on any atom is 0.226 e. The molecule has 2 atom stereocenters. The summed E-state index contributed by atoms with van der Waals surface area (Å²) in [5, 5.41) is 3.74. The lowest BCUT2D eigenvalue weighted by molar-refractivity contribution is 0.131. The lowest BCUT2D eigenvalue weighted by Gasteiger charge is -2.48. The first kappa shape index (κ1) is 18.9. The fourth-order valence-corrected chi connectivity index (χ4v) is 4.70. The van der Waals surface area contributed by atoms with E-state index in [2.05, 4.69) is 42.3 Å². The Balaban J connectivity index is 1.57. The number of thiocarbonyl (C=S) groups is 1. The number of benzene rings is 2. The average Bonchev–Trinajstić information content (AvgIpc) is 3.24. The van der Waals surface area contributed by atoms with Crippen molar-refractivity contribution in [2.24, 2.45) is 11.7 Å². The summed E-state index contributed by atoms with van der Waals surface area (Å²) >= 11 is 5.00. The van der Waals surface area contributed by atoms with E-state index in [4.69, 9.17) is 31.8 Å². The Hall–Kier alpha value is -3.06. The van der Waals surface area contributed by atoms with Crippen LogP contribution in [0.5, 0.6) is 11.5 Å². The van der Waals surface area contributed by atoms with Crippen LogP contribution in [0.3, 0.4) is 0 Å². The maximum absolute atomic E-state index is 6.19. The summed E-state index contributed by atoms with van der Waals surface area (Å²) < 4.78 is 17.3. The molecule has 7 heteroatoms. The normalized spacial score (nSPS) is 20.8. The highest BCUT2D eigenvalue weighted by Gasteiger charge is 2.47. The van der Waals surface area contributed by atoms with Crippen molar-refractivity contribution < 1.29 is 13.9 Å². The number of anilines is 1. The van der Waals surface area contributed by atoms with Crippen LogP contribution in [-0.4, -0.2) is 23.7 Å². The van der Waals surface area contributed by atoms with Crippen molar-refractivity contribution in [3.8, 4) is 23.0 Å². The van der Waals surface area contributed by atoms with Crippen LogP contribution in [0.2, 0.25) is 0 Å². The van der Waals surface area contributed by atoms with Gasteiger partial charge in [0.2, 0.25) is 5.89 Å². The third-order valence-corrected chi connectivity index (χ3v) is 6.54. The second-order valence-corrected chi connectivity index (χ2v) is 8.74. The molecule has 0 bridgehead atoms. The van der Waals surface area contributed by atoms with Crippen molar-refractivity contribution in [3.63, 3.8) is 0 Å². The molecule has 2 aliphatic rings. The molecule has 0 amide bonds. The lowest BCUT2D eigenvalue weighted by atomic mass is 9.65. The van der Waals surface area contributed by atoms with Crippen molar-refractivity contribution in [1.29, 1.82) is 0 Å². The molecule has 0 saturated carbocycles. The molecule has 154 valence electrons. The summed E-state index contributed by atoms with van der Waals surface area (Å²) in [6, 6.07) is 12.4. The second kappa shape index (κ2) is 6.74. The van der Waals surface area contributed by atoms with Crippen molar-refractivity contribution >= 4 is 22.9 Å². The zero-order valence-electron chi connectivity index (χ0n) is 17.1. The summed E-state index contributed by atoms with van der Waals surface area (Å²) in [5.74, 6) is 2.35. The van der Waals surface area contributed by atoms with E-state index in [0.29, 0.717) is 18.2 Å². The molecule has 6 nitrogen and oxygen atoms in total. The average molecular weight is 422 g/mol. The van der Waals surface area contributed by atoms with Gasteiger partial charge in [0, 0.05) is 28.1 Å². The highest BCUT2D eigenvalue weighted by molar-refractivity contribution is 7.80. The number of rotatable bonds is 3. The topological polar surface area (TPSA) is 82.5 Å². The molecular formula is C23H23N3O3S. The van der Waals surface area contributed by atoms with Crippen LogP contribution in [0.15, 0.2) is 47.1 Å². The summed E-state index contributed by atoms with van der Waals surface area (Å²) in [7, 11) is 1.67. The highest BCUT2D eigenvalue weighted by atomic mass is 32.1. The minimum atomic E-state index is -0.138. The van der Waals surface area contributed by atoms with Crippen LogP contribution in [0.4, 0.5) is 5.69 Å². The molecular weight excluding hydrogens is 398 g/mol. The van der Waals surface area contributed by atoms with E-state index in [1.807, 2.05) is 18.2 Å². The van der Waals surface area contributed by atoms with Crippen LogP contribution in [0.25, 0.3) is 11.5 Å². The molecule has 2 unspecified atom stereocenters. The van der Waals surface area contributed by atoms with Crippen LogP contribution < -0.4 is 20.5 Å². The Kier molecular flexibility index (Phi) is 4.25. The molecule has 0 aliphatic carbocycles. The van der Waals surface area contributed by atoms with E-state index in [9.17, 15) is 0 Å². The smallest absolute Gasteiger partial charge is 0.226 e. The number of oxazole rings is 1. The number of ether oxygens (including phenoxy) is 2. The summed E-state index contributed by atoms with van der Waals surface area (Å²) in [5.41, 5.74) is 10.3. The molecule has 0 radical (unpaired) electrons. The van der Waals surface area contributed by atoms with Crippen molar-refractivity contribution in [3.05, 3.63) is 59.5 Å². The van der Waals surface area contributed by atoms with Crippen LogP contribution in [0, 0.1) is 5.92 Å². The molecule has 0 fully saturated rings. The van der Waals surface area contributed by atoms with Gasteiger partial charge in [0.15, 0.2) is 11.5 Å². The summed E-state index contributed by atoms with van der Waals surface area (Å²) in [6.45, 7) is 5.13. The molecule has 2 aliphatic heterocycles. The van der Waals surface area contributed by atoms with Gasteiger partial charge in [-0.15, -0.1) is 0 Å². The van der Waals surface area contributed by atoms with E-state index >= 15 is 0 Å². The third-order valence-electron chi connectivity index (χ3n) is 6.33. The summed E-state index contributed by atoms with van der Waals surface area (Å²) in [6.07, 6.45) is 1.50. The van der Waals surface area contributed by atoms with Crippen molar-refractivity contribution in [1.82, 2.24) is 4.98 Å². The Morgan fingerprint density at radius 3 is 2.87 bits per heavy atom. The molecule has 0 spiro atoms. The molecule has 30 heavy (non-hydrogen) atoms. The Morgan fingerprint density at radius 2 is 2.13 bits per heavy atom. The van der Waals surface area contributed by atoms with Gasteiger partial charge < -0.3 is 24.9 Å². The van der Waals surface area contributed by atoms with Gasteiger partial charge in [-0.25, -0.2) is 4.98 Å². The van der Waals surface area contributed by atoms with Gasteiger partial charge in [-0.1, -0.05) is 38.2 Å². The molecule has 3 heterocycles. The van der Waals surface area contributed by atoms with Gasteiger partial charge in [-0.2, -0.15) is 0 Å². The number of hydrogen-bond acceptors (Lipinski definition) is 6. The molecule has 3 N–H and O–H groups in total. The maximum atomic E-state index is 6.19. The standard InChI is InChI=1S/C23H23N3O3S/c1-23(2)14-9-12(22-26-17(11-29-22)21(24)30)7-8-16(14)25-19-13-5-4-6-18(27-3)20(13)28-10-15(19)23/h4-9,11,15,19,25H,10H2,1-3H3,(H2,24,30). The number of methoxy groups -OCH3 is 1. The lowest BCUT2D eigenvalue weighted by Crippen LogP contribution is -2.46. The Labute approximate surface area is 180 Å². The van der Waals surface area contributed by atoms with Crippen LogP contribution in [-0.2, 0) is 5.41 Å². The largest absolute Gasteiger partial charge is 0.493 e. The SMILES string of the molecule is COc1cccc2c1OCC1C2Nc2ccc(-c3nc(C(N)=S)co3)cc2C1(C)C. The molecule has 3 aromatic rings. The number of aromatic nitrogens is 1. The molecule has 2 aromatic carbocycles. The zero-order valence-corrected chi connectivity index (χ0v) is 17.9. The quantitative estimate of drug-likeness (QED) is 0.605. The van der Waals surface area contributed by atoms with E-state index in [-0.39, 0.29) is 22.4 Å². The summed E-state index contributed by atoms with van der Waals surface area (Å²) in [4.78, 5) is 4.64. The molecule has 1 aromatic heterocycles. The fourth-order valence-electron chi connectivity index (χ4n) is 4.61. The van der Waals surface area contributed by atoms with Gasteiger partial charge in [0.25, 0.3) is 0 Å². The van der Waals surface area contributed by atoms with Crippen LogP contribution in [0.1, 0.15) is 36.7 Å². The van der Waals surface area contributed by atoms with Gasteiger partial charge in [0.05, 0.1) is 19.8 Å². The molecule has 5 rings (SSSR count). The predicted octanol–water partition coefficient (Wildman–Crippen LogP) is 4.44. The zero-order chi connectivity index (χ0) is 21.0. The molecule has 0 saturated heterocycles. The third kappa shape index (κ3) is 2.76. The predicted molar refractivity (Wildman–Crippen MR) is 119 cm³/mol. The number of nitrogens with one attached hydrogen (secondary N) is 1. The first-order valence-electron chi connectivity index (χ1n) is 9.86. The first-order chi connectivity index (χ1) is 14.4. The second-order valence-electron chi connectivity index (χ2n) is 8.30. The van der Waals surface area contributed by atoms with E-state index in [1.165, 1.54) is 11.8 Å². The Morgan fingerprint density at radius 1 is 1.30 bits per heavy atom. The van der Waals surface area contributed by atoms with Crippen molar-refractivity contribution in [2.45, 2.75) is 25.3 Å². The van der Waals surface area contributed by atoms with E-state index < -0.39 is 0 Å². The van der Waals surface area contributed by atoms with E-state index in [1.54, 1.807) is 7.11 Å². The van der Waals surface area contributed by atoms with Gasteiger partial charge in [-0.3, -0.25) is 0 Å². The van der Waals surface area contributed by atoms with Gasteiger partial charge in [-0.05, 0) is 29.8 Å². The first-order valence-corrected chi connectivity index (χ1v) is 10.3. The van der Waals surface area contributed by atoms with Gasteiger partial charge >= 0.3 is 0 Å². The Bertz CT molecular complexity index is 1150. The fraction of sp³-hybridized carbons (Fsp3) is 0.304. The highest BCUT2D eigenvalue weighted by Crippen LogP contribution is 2.54. The number of hydrogen-bond donors (Lipinski definition) is 2. The number of para-hydroxylation sites is 1. The number of nitrogens with zero attached hydrogens (tertiary/aromatic N) is 1. The monoisotopic (exact) mass is 421 g/mol. The minimum Gasteiger partial charge on any atom is -0.493 e. The van der Waals surface area contributed by atoms with Crippen molar-refractivity contribution in [2.75, 3.05) is 19.0 Å². The van der Waals surface area contributed by atoms with Gasteiger partial charge in [0.1, 0.15) is 16.9 Å². The number of fused-ring (bicyclic) bond motifs is 4. The minimum absolute atomic E-state index is 0.138. The number of nitrogens with two attached hydrogens (primary N) is 1.